The third kappa shape index (κ3) is 5.09. The van der Waals surface area contributed by atoms with Crippen molar-refractivity contribution in [3.05, 3.63) is 75.3 Å². The third-order valence-electron chi connectivity index (χ3n) is 5.41. The van der Waals surface area contributed by atoms with Gasteiger partial charge >= 0.3 is 11.9 Å². The molecule has 4 aromatic rings. The van der Waals surface area contributed by atoms with Gasteiger partial charge in [-0.1, -0.05) is 31.2 Å². The number of benzene rings is 2. The fourth-order valence-electron chi connectivity index (χ4n) is 3.80. The average Bonchev–Trinajstić information content (AvgIpc) is 3.28. The number of hydrogen-bond acceptors (Lipinski definition) is 7. The number of thiophene rings is 1. The molecule has 2 aromatic heterocycles. The number of ether oxygens (including phenoxy) is 2. The summed E-state index contributed by atoms with van der Waals surface area (Å²) < 4.78 is 12.0. The summed E-state index contributed by atoms with van der Waals surface area (Å²) in [6.45, 7) is 3.17. The normalized spacial score (nSPS) is 10.9. The van der Waals surface area contributed by atoms with Gasteiger partial charge in [-0.05, 0) is 43.7 Å². The van der Waals surface area contributed by atoms with Crippen LogP contribution in [0.3, 0.4) is 0 Å². The van der Waals surface area contributed by atoms with Crippen molar-refractivity contribution in [2.75, 3.05) is 18.5 Å². The fraction of sp³-hybridized carbons (Fsp3) is 0.231. The van der Waals surface area contributed by atoms with Crippen LogP contribution < -0.4 is 10.7 Å². The van der Waals surface area contributed by atoms with Crippen molar-refractivity contribution in [2.45, 2.75) is 26.8 Å². The van der Waals surface area contributed by atoms with E-state index in [9.17, 15) is 19.2 Å². The number of hydrogen-bond donors (Lipinski definition) is 1. The van der Waals surface area contributed by atoms with Crippen molar-refractivity contribution in [1.29, 1.82) is 0 Å². The van der Waals surface area contributed by atoms with Gasteiger partial charge in [-0.3, -0.25) is 14.4 Å². The molecule has 0 radical (unpaired) electrons. The molecule has 0 bridgehead atoms. The molecule has 1 amide bonds. The first kappa shape index (κ1) is 24.2. The average molecular weight is 493 g/mol. The highest BCUT2D eigenvalue weighted by Crippen LogP contribution is 2.29. The Labute approximate surface area is 205 Å². The van der Waals surface area contributed by atoms with Crippen LogP contribution in [-0.2, 0) is 32.0 Å². The van der Waals surface area contributed by atoms with E-state index in [4.69, 9.17) is 9.47 Å². The van der Waals surface area contributed by atoms with Crippen molar-refractivity contribution in [2.24, 2.45) is 0 Å². The molecule has 180 valence electrons. The van der Waals surface area contributed by atoms with Gasteiger partial charge in [0.2, 0.25) is 0 Å². The van der Waals surface area contributed by atoms with Gasteiger partial charge in [-0.15, -0.1) is 11.3 Å². The largest absolute Gasteiger partial charge is 0.462 e. The molecule has 0 aliphatic carbocycles. The Bertz CT molecular complexity index is 1430. The number of aromatic nitrogens is 1. The van der Waals surface area contributed by atoms with Crippen molar-refractivity contribution in [1.82, 2.24) is 4.57 Å². The zero-order valence-electron chi connectivity index (χ0n) is 19.3. The lowest BCUT2D eigenvalue weighted by Crippen LogP contribution is -2.24. The maximum absolute atomic E-state index is 12.8. The quantitative estimate of drug-likeness (QED) is 0.293. The number of rotatable bonds is 8. The Balaban J connectivity index is 1.49. The lowest BCUT2D eigenvalue weighted by molar-refractivity contribution is -0.147. The summed E-state index contributed by atoms with van der Waals surface area (Å²) in [5.41, 5.74) is 1.37. The van der Waals surface area contributed by atoms with Gasteiger partial charge in [0.1, 0.15) is 11.5 Å². The molecule has 0 spiro atoms. The number of carbonyl (C=O) groups excluding carboxylic acids is 3. The van der Waals surface area contributed by atoms with E-state index in [-0.39, 0.29) is 24.1 Å². The lowest BCUT2D eigenvalue weighted by Gasteiger charge is -2.14. The first-order valence-corrected chi connectivity index (χ1v) is 12.0. The lowest BCUT2D eigenvalue weighted by atomic mass is 10.1. The van der Waals surface area contributed by atoms with Gasteiger partial charge in [-0.2, -0.15) is 0 Å². The molecule has 0 unspecified atom stereocenters. The van der Waals surface area contributed by atoms with Gasteiger partial charge in [0.25, 0.3) is 5.91 Å². The SMILES string of the molecule is CCOC(=O)c1cc(CC)sc1NC(=O)COC(=O)Cn1c2ccccc2c(=O)c2ccccc21. The number of anilines is 1. The summed E-state index contributed by atoms with van der Waals surface area (Å²) in [6.07, 6.45) is 0.698. The summed E-state index contributed by atoms with van der Waals surface area (Å²) in [7, 11) is 0. The van der Waals surface area contributed by atoms with Crippen molar-refractivity contribution >= 4 is 56.0 Å². The Morgan fingerprint density at radius 1 is 0.943 bits per heavy atom. The number of pyridine rings is 1. The number of carbonyl (C=O) groups is 3. The van der Waals surface area contributed by atoms with Crippen molar-refractivity contribution in [3.8, 4) is 0 Å². The number of fused-ring (bicyclic) bond motifs is 2. The van der Waals surface area contributed by atoms with E-state index in [2.05, 4.69) is 5.32 Å². The van der Waals surface area contributed by atoms with Gasteiger partial charge in [0, 0.05) is 15.6 Å². The molecule has 2 aromatic carbocycles. The Hall–Kier alpha value is -3.98. The Morgan fingerprint density at radius 2 is 1.57 bits per heavy atom. The molecule has 8 nitrogen and oxygen atoms in total. The predicted octanol–water partition coefficient (Wildman–Crippen LogP) is 4.14. The van der Waals surface area contributed by atoms with Crippen LogP contribution in [0.1, 0.15) is 29.1 Å². The van der Waals surface area contributed by atoms with Crippen LogP contribution in [0.4, 0.5) is 5.00 Å². The molecular formula is C26H24N2O6S. The standard InChI is InChI=1S/C26H24N2O6S/c1-3-16-13-19(26(32)33-4-2)25(35-16)27-22(29)15-34-23(30)14-28-20-11-7-5-9-17(20)24(31)18-10-6-8-12-21(18)28/h5-13H,3-4,14-15H2,1-2H3,(H,27,29). The molecule has 0 aliphatic heterocycles. The summed E-state index contributed by atoms with van der Waals surface area (Å²) in [5, 5.41) is 3.99. The molecule has 0 atom stereocenters. The second-order valence-corrected chi connectivity index (χ2v) is 8.82. The maximum Gasteiger partial charge on any atom is 0.341 e. The first-order chi connectivity index (χ1) is 16.9. The predicted molar refractivity (Wildman–Crippen MR) is 135 cm³/mol. The van der Waals surface area contributed by atoms with Crippen LogP contribution in [0.5, 0.6) is 0 Å². The second kappa shape index (κ2) is 10.5. The minimum absolute atomic E-state index is 0.111. The third-order valence-corrected chi connectivity index (χ3v) is 6.61. The number of nitrogens with one attached hydrogen (secondary N) is 1. The van der Waals surface area contributed by atoms with Crippen LogP contribution in [0, 0.1) is 0 Å². The van der Waals surface area contributed by atoms with Crippen LogP contribution in [-0.4, -0.2) is 35.6 Å². The van der Waals surface area contributed by atoms with Crippen molar-refractivity contribution < 1.29 is 23.9 Å². The van der Waals surface area contributed by atoms with E-state index < -0.39 is 24.5 Å². The molecule has 35 heavy (non-hydrogen) atoms. The van der Waals surface area contributed by atoms with E-state index in [1.165, 1.54) is 11.3 Å². The van der Waals surface area contributed by atoms with E-state index >= 15 is 0 Å². The highest BCUT2D eigenvalue weighted by molar-refractivity contribution is 7.16. The molecule has 2 heterocycles. The summed E-state index contributed by atoms with van der Waals surface area (Å²) in [5.74, 6) is -1.72. The van der Waals surface area contributed by atoms with E-state index in [0.29, 0.717) is 33.2 Å². The molecular weight excluding hydrogens is 468 g/mol. The zero-order valence-corrected chi connectivity index (χ0v) is 20.1. The molecule has 0 saturated carbocycles. The summed E-state index contributed by atoms with van der Waals surface area (Å²) >= 11 is 1.28. The Kier molecular flexibility index (Phi) is 7.26. The summed E-state index contributed by atoms with van der Waals surface area (Å²) in [4.78, 5) is 51.1. The van der Waals surface area contributed by atoms with Crippen LogP contribution in [0.15, 0.2) is 59.4 Å². The highest BCUT2D eigenvalue weighted by atomic mass is 32.1. The summed E-state index contributed by atoms with van der Waals surface area (Å²) in [6, 6.07) is 15.8. The van der Waals surface area contributed by atoms with Gasteiger partial charge in [0.05, 0.1) is 23.2 Å². The van der Waals surface area contributed by atoms with Crippen LogP contribution >= 0.6 is 11.3 Å². The topological polar surface area (TPSA) is 104 Å². The molecule has 0 aliphatic rings. The fourth-order valence-corrected chi connectivity index (χ4v) is 4.80. The van der Waals surface area contributed by atoms with Gasteiger partial charge in [-0.25, -0.2) is 4.79 Å². The smallest absolute Gasteiger partial charge is 0.341 e. The maximum atomic E-state index is 12.8. The molecule has 0 fully saturated rings. The first-order valence-electron chi connectivity index (χ1n) is 11.2. The minimum atomic E-state index is -0.634. The van der Waals surface area contributed by atoms with E-state index in [0.717, 1.165) is 4.88 Å². The zero-order chi connectivity index (χ0) is 24.9. The van der Waals surface area contributed by atoms with Crippen molar-refractivity contribution in [3.63, 3.8) is 0 Å². The van der Waals surface area contributed by atoms with Gasteiger partial charge < -0.3 is 19.4 Å². The number of esters is 2. The number of para-hydroxylation sites is 2. The van der Waals surface area contributed by atoms with Gasteiger partial charge in [0.15, 0.2) is 12.0 Å². The number of aryl methyl sites for hydroxylation is 1. The molecule has 4 rings (SSSR count). The molecule has 1 N–H and O–H groups in total. The molecule has 9 heteroatoms. The second-order valence-electron chi connectivity index (χ2n) is 7.69. The number of amides is 1. The van der Waals surface area contributed by atoms with E-state index in [1.807, 2.05) is 6.92 Å². The highest BCUT2D eigenvalue weighted by Gasteiger charge is 2.20. The minimum Gasteiger partial charge on any atom is -0.462 e. The monoisotopic (exact) mass is 492 g/mol. The molecule has 0 saturated heterocycles. The van der Waals surface area contributed by atoms with Crippen LogP contribution in [0.25, 0.3) is 21.8 Å². The Morgan fingerprint density at radius 3 is 2.17 bits per heavy atom. The van der Waals surface area contributed by atoms with Crippen LogP contribution in [0.2, 0.25) is 0 Å². The number of nitrogens with zero attached hydrogens (tertiary/aromatic N) is 1. The van der Waals surface area contributed by atoms with E-state index in [1.54, 1.807) is 66.1 Å².